The molecule has 0 unspecified atom stereocenters. The van der Waals surface area contributed by atoms with Crippen molar-refractivity contribution < 1.29 is 28.7 Å². The van der Waals surface area contributed by atoms with Crippen molar-refractivity contribution in [3.05, 3.63) is 0 Å². The molecule has 0 aromatic rings. The number of rotatable bonds is 10. The fourth-order valence-electron chi connectivity index (χ4n) is 3.95. The van der Waals surface area contributed by atoms with Crippen LogP contribution >= 0.6 is 0 Å². The number of carbonyl (C=O) groups excluding carboxylic acids is 4. The van der Waals surface area contributed by atoms with Crippen LogP contribution in [0.4, 0.5) is 4.79 Å². The summed E-state index contributed by atoms with van der Waals surface area (Å²) in [6, 6.07) is -2.51. The van der Waals surface area contributed by atoms with Gasteiger partial charge in [-0.3, -0.25) is 15.0 Å². The van der Waals surface area contributed by atoms with Crippen molar-refractivity contribution in [1.82, 2.24) is 15.5 Å². The smallest absolute Gasteiger partial charge is 0.437 e. The van der Waals surface area contributed by atoms with Crippen LogP contribution in [0.15, 0.2) is 0 Å². The van der Waals surface area contributed by atoms with Gasteiger partial charge in [-0.15, -0.1) is 0 Å². The molecule has 0 bridgehead atoms. The normalized spacial score (nSPS) is 19.9. The zero-order valence-electron chi connectivity index (χ0n) is 18.4. The molecule has 1 saturated carbocycles. The Hall–Kier alpha value is -2.89. The molecule has 2 rings (SSSR count). The van der Waals surface area contributed by atoms with Gasteiger partial charge >= 0.3 is 12.1 Å². The van der Waals surface area contributed by atoms with Crippen LogP contribution in [-0.2, 0) is 23.9 Å². The number of hydrogen-bond acceptors (Lipinski definition) is 8. The van der Waals surface area contributed by atoms with Gasteiger partial charge in [0, 0.05) is 13.1 Å². The molecule has 1 aliphatic carbocycles. The van der Waals surface area contributed by atoms with Crippen LogP contribution in [0.3, 0.4) is 0 Å². The molecule has 1 saturated heterocycles. The van der Waals surface area contributed by atoms with Gasteiger partial charge in [0.2, 0.25) is 11.8 Å². The summed E-state index contributed by atoms with van der Waals surface area (Å²) in [6.07, 6.45) is 4.34. The van der Waals surface area contributed by atoms with E-state index in [0.29, 0.717) is 38.1 Å². The fourth-order valence-corrected chi connectivity index (χ4v) is 3.95. The molecule has 32 heavy (non-hydrogen) atoms. The SMILES string of the molecule is COC(=O)OC(=O)[C@H](CCCNC(=N)N)NC(=O)[C@@H]1CCCN1C(=O)[C@H](N)CC1CCC1. The summed E-state index contributed by atoms with van der Waals surface area (Å²) in [6.45, 7) is 0.715. The van der Waals surface area contributed by atoms with Gasteiger partial charge in [0.25, 0.3) is 0 Å². The lowest BCUT2D eigenvalue weighted by atomic mass is 9.81. The Kier molecular flexibility index (Phi) is 9.69. The summed E-state index contributed by atoms with van der Waals surface area (Å²) in [5.74, 6) is -1.48. The van der Waals surface area contributed by atoms with Crippen LogP contribution < -0.4 is 22.1 Å². The average molecular weight is 455 g/mol. The zero-order valence-corrected chi connectivity index (χ0v) is 18.4. The Balaban J connectivity index is 1.98. The van der Waals surface area contributed by atoms with Crippen molar-refractivity contribution in [2.75, 3.05) is 20.2 Å². The number of likely N-dealkylation sites (tertiary alicyclic amines) is 1. The maximum absolute atomic E-state index is 12.9. The molecule has 3 atom stereocenters. The Labute approximate surface area is 187 Å². The number of amides is 2. The van der Waals surface area contributed by atoms with Crippen LogP contribution in [0.5, 0.6) is 0 Å². The summed E-state index contributed by atoms with van der Waals surface area (Å²) < 4.78 is 8.91. The largest absolute Gasteiger partial charge is 0.515 e. The second-order valence-electron chi connectivity index (χ2n) is 8.25. The predicted octanol–water partition coefficient (Wildman–Crippen LogP) is -0.447. The third kappa shape index (κ3) is 7.36. The Morgan fingerprint density at radius 2 is 1.91 bits per heavy atom. The average Bonchev–Trinajstić information content (AvgIpc) is 3.21. The summed E-state index contributed by atoms with van der Waals surface area (Å²) in [5.41, 5.74) is 11.3. The van der Waals surface area contributed by atoms with Gasteiger partial charge < -0.3 is 36.5 Å². The van der Waals surface area contributed by atoms with Gasteiger partial charge in [-0.1, -0.05) is 19.3 Å². The monoisotopic (exact) mass is 454 g/mol. The number of ether oxygens (including phenoxy) is 2. The van der Waals surface area contributed by atoms with E-state index in [9.17, 15) is 19.2 Å². The molecule has 2 amide bonds. The first-order valence-corrected chi connectivity index (χ1v) is 11.0. The van der Waals surface area contributed by atoms with Gasteiger partial charge in [0.15, 0.2) is 5.96 Å². The van der Waals surface area contributed by atoms with Crippen LogP contribution in [0.1, 0.15) is 51.4 Å². The van der Waals surface area contributed by atoms with Gasteiger partial charge in [-0.25, -0.2) is 9.59 Å². The first kappa shape index (κ1) is 25.4. The highest BCUT2D eigenvalue weighted by Crippen LogP contribution is 2.31. The molecular weight excluding hydrogens is 420 g/mol. The minimum absolute atomic E-state index is 0.129. The number of hydrogen-bond donors (Lipinski definition) is 5. The third-order valence-corrected chi connectivity index (χ3v) is 5.90. The number of nitrogens with zero attached hydrogens (tertiary/aromatic N) is 1. The second kappa shape index (κ2) is 12.2. The molecule has 1 aliphatic heterocycles. The first-order chi connectivity index (χ1) is 15.2. The van der Waals surface area contributed by atoms with E-state index in [1.165, 1.54) is 4.90 Å². The molecule has 12 heteroatoms. The van der Waals surface area contributed by atoms with Crippen LogP contribution in [-0.4, -0.2) is 73.1 Å². The first-order valence-electron chi connectivity index (χ1n) is 11.0. The van der Waals surface area contributed by atoms with Crippen molar-refractivity contribution in [1.29, 1.82) is 5.41 Å². The summed E-state index contributed by atoms with van der Waals surface area (Å²) in [4.78, 5) is 50.9. The Bertz CT molecular complexity index is 713. The Morgan fingerprint density at radius 1 is 1.19 bits per heavy atom. The molecule has 0 radical (unpaired) electrons. The van der Waals surface area contributed by atoms with Crippen molar-refractivity contribution in [2.24, 2.45) is 17.4 Å². The molecule has 7 N–H and O–H groups in total. The lowest BCUT2D eigenvalue weighted by Gasteiger charge is -2.31. The number of esters is 1. The van der Waals surface area contributed by atoms with Crippen LogP contribution in [0.25, 0.3) is 0 Å². The Morgan fingerprint density at radius 3 is 2.50 bits per heavy atom. The van der Waals surface area contributed by atoms with Crippen molar-refractivity contribution in [3.8, 4) is 0 Å². The topological polar surface area (TPSA) is 190 Å². The standard InChI is InChI=1S/C20H34N6O6/c1-31-20(30)32-18(29)14(7-3-9-24-19(22)23)25-16(27)15-8-4-10-26(15)17(28)13(21)11-12-5-2-6-12/h12-15H,2-11,21H2,1H3,(H,25,27)(H4,22,23,24)/t13-,14+,15+/m1/s1. The number of methoxy groups -OCH3 is 1. The highest BCUT2D eigenvalue weighted by molar-refractivity contribution is 5.93. The van der Waals surface area contributed by atoms with E-state index in [4.69, 9.17) is 16.9 Å². The van der Waals surface area contributed by atoms with E-state index in [0.717, 1.165) is 26.4 Å². The minimum atomic E-state index is -1.18. The molecule has 0 aromatic carbocycles. The summed E-state index contributed by atoms with van der Waals surface area (Å²) in [5, 5.41) is 12.4. The second-order valence-corrected chi connectivity index (χ2v) is 8.25. The molecule has 0 aromatic heterocycles. The van der Waals surface area contributed by atoms with E-state index in [2.05, 4.69) is 20.1 Å². The van der Waals surface area contributed by atoms with Crippen molar-refractivity contribution in [3.63, 3.8) is 0 Å². The van der Waals surface area contributed by atoms with E-state index in [1.807, 2.05) is 0 Å². The van der Waals surface area contributed by atoms with Gasteiger partial charge in [-0.2, -0.15) is 0 Å². The molecule has 0 spiro atoms. The molecule has 1 heterocycles. The summed E-state index contributed by atoms with van der Waals surface area (Å²) >= 11 is 0. The van der Waals surface area contributed by atoms with Gasteiger partial charge in [0.1, 0.15) is 12.1 Å². The highest BCUT2D eigenvalue weighted by Gasteiger charge is 2.38. The summed E-state index contributed by atoms with van der Waals surface area (Å²) in [7, 11) is 1.06. The van der Waals surface area contributed by atoms with E-state index in [1.54, 1.807) is 0 Å². The number of nitrogens with two attached hydrogens (primary N) is 2. The number of guanidine groups is 1. The van der Waals surface area contributed by atoms with Gasteiger partial charge in [0.05, 0.1) is 13.2 Å². The van der Waals surface area contributed by atoms with E-state index < -0.39 is 36.2 Å². The minimum Gasteiger partial charge on any atom is -0.437 e. The maximum atomic E-state index is 12.9. The molecule has 12 nitrogen and oxygen atoms in total. The van der Waals surface area contributed by atoms with Crippen molar-refractivity contribution in [2.45, 2.75) is 69.5 Å². The van der Waals surface area contributed by atoms with Crippen LogP contribution in [0, 0.1) is 11.3 Å². The van der Waals surface area contributed by atoms with Crippen LogP contribution in [0.2, 0.25) is 0 Å². The third-order valence-electron chi connectivity index (χ3n) is 5.90. The number of carbonyl (C=O) groups is 4. The molecular formula is C20H34N6O6. The quantitative estimate of drug-likeness (QED) is 0.0956. The highest BCUT2D eigenvalue weighted by atomic mass is 16.7. The maximum Gasteiger partial charge on any atom is 0.515 e. The fraction of sp³-hybridized carbons (Fsp3) is 0.750. The van der Waals surface area contributed by atoms with Crippen molar-refractivity contribution >= 4 is 29.9 Å². The van der Waals surface area contributed by atoms with E-state index in [-0.39, 0.29) is 24.8 Å². The lowest BCUT2D eigenvalue weighted by molar-refractivity contribution is -0.145. The molecule has 2 aliphatic rings. The zero-order chi connectivity index (χ0) is 23.7. The lowest BCUT2D eigenvalue weighted by Crippen LogP contribution is -2.54. The van der Waals surface area contributed by atoms with Gasteiger partial charge in [-0.05, 0) is 38.0 Å². The molecule has 180 valence electrons. The predicted molar refractivity (Wildman–Crippen MR) is 114 cm³/mol. The molecule has 2 fully saturated rings. The van der Waals surface area contributed by atoms with E-state index >= 15 is 0 Å². The number of nitrogens with one attached hydrogen (secondary N) is 3.